The number of hydrogen-bond donors (Lipinski definition) is 4. The molecule has 0 bridgehead atoms. The number of ether oxygens (including phenoxy) is 1. The summed E-state index contributed by atoms with van der Waals surface area (Å²) >= 11 is 6.02. The molecular weight excluding hydrogens is 584 g/mol. The summed E-state index contributed by atoms with van der Waals surface area (Å²) in [4.78, 5) is 25.6. The Morgan fingerprint density at radius 3 is 2.60 bits per heavy atom. The molecule has 1 aliphatic rings. The Bertz CT molecular complexity index is 1450. The van der Waals surface area contributed by atoms with Crippen LogP contribution in [-0.2, 0) is 10.4 Å². The van der Waals surface area contributed by atoms with E-state index >= 15 is 0 Å². The molecule has 13 heteroatoms. The first-order chi connectivity index (χ1) is 19.4. The second kappa shape index (κ2) is 13.6. The summed E-state index contributed by atoms with van der Waals surface area (Å²) in [6.45, 7) is 8.30. The number of halogens is 3. The fourth-order valence-electron chi connectivity index (χ4n) is 4.67. The number of amides is 1. The number of anilines is 6. The smallest absolute Gasteiger partial charge is 0.247 e. The van der Waals surface area contributed by atoms with Gasteiger partial charge in [-0.1, -0.05) is 18.2 Å². The molecule has 0 spiro atoms. The lowest BCUT2D eigenvalue weighted by Gasteiger charge is -2.25. The Morgan fingerprint density at radius 2 is 1.98 bits per heavy atom. The van der Waals surface area contributed by atoms with E-state index in [-0.39, 0.29) is 29.3 Å². The highest BCUT2D eigenvalue weighted by molar-refractivity contribution is 6.31. The summed E-state index contributed by atoms with van der Waals surface area (Å²) in [5, 5.41) is 19.6. The van der Waals surface area contributed by atoms with Gasteiger partial charge in [0.25, 0.3) is 0 Å². The molecule has 0 unspecified atom stereocenters. The summed E-state index contributed by atoms with van der Waals surface area (Å²) in [5.74, 6) is 0.155. The van der Waals surface area contributed by atoms with Gasteiger partial charge in [-0.3, -0.25) is 4.79 Å². The highest BCUT2D eigenvalue weighted by atomic mass is 35.5. The standard InChI is InChI=1S/C29H35ClFN7O3.ClH/c1-7-27(39)34-22-14-23(25(41-6)15-24(22)38-11-9-17(16-38)37(4)5)35-28-32-10-8-26(36-28)33-21-13-19(30)20(31)12-18(21)29(2,3)40;/h7-8,10,12-15,17,40H,1,9,11,16H2,2-6H3,(H,34,39)(H2,32,33,35,36);1H/t17-;/m1./s1. The normalized spacial score (nSPS) is 14.8. The van der Waals surface area contributed by atoms with Crippen LogP contribution in [0.3, 0.4) is 0 Å². The Balaban J connectivity index is 0.00000484. The van der Waals surface area contributed by atoms with Crippen LogP contribution in [0.5, 0.6) is 5.75 Å². The lowest BCUT2D eigenvalue weighted by molar-refractivity contribution is -0.111. The van der Waals surface area contributed by atoms with Crippen molar-refractivity contribution in [1.29, 1.82) is 0 Å². The van der Waals surface area contributed by atoms with Crippen LogP contribution in [0.2, 0.25) is 5.02 Å². The second-order valence-electron chi connectivity index (χ2n) is 10.5. The second-order valence-corrected chi connectivity index (χ2v) is 10.9. The number of nitrogens with zero attached hydrogens (tertiary/aromatic N) is 4. The first-order valence-electron chi connectivity index (χ1n) is 13.1. The van der Waals surface area contributed by atoms with E-state index < -0.39 is 11.4 Å². The van der Waals surface area contributed by atoms with E-state index in [0.29, 0.717) is 40.2 Å². The van der Waals surface area contributed by atoms with Crippen LogP contribution in [0.25, 0.3) is 0 Å². The van der Waals surface area contributed by atoms with Crippen molar-refractivity contribution in [2.24, 2.45) is 0 Å². The largest absolute Gasteiger partial charge is 0.494 e. The van der Waals surface area contributed by atoms with Gasteiger partial charge in [0, 0.05) is 42.6 Å². The molecule has 2 heterocycles. The zero-order chi connectivity index (χ0) is 29.9. The van der Waals surface area contributed by atoms with Gasteiger partial charge in [-0.25, -0.2) is 9.37 Å². The third kappa shape index (κ3) is 7.60. The van der Waals surface area contributed by atoms with Crippen molar-refractivity contribution in [1.82, 2.24) is 14.9 Å². The van der Waals surface area contributed by atoms with Gasteiger partial charge in [-0.05, 0) is 64.7 Å². The van der Waals surface area contributed by atoms with Crippen molar-refractivity contribution < 1.29 is 19.0 Å². The van der Waals surface area contributed by atoms with Gasteiger partial charge in [0.15, 0.2) is 0 Å². The summed E-state index contributed by atoms with van der Waals surface area (Å²) in [7, 11) is 5.68. The monoisotopic (exact) mass is 619 g/mol. The van der Waals surface area contributed by atoms with E-state index in [4.69, 9.17) is 16.3 Å². The van der Waals surface area contributed by atoms with Crippen molar-refractivity contribution in [2.75, 3.05) is 55.1 Å². The third-order valence-corrected chi connectivity index (χ3v) is 7.17. The Labute approximate surface area is 256 Å². The van der Waals surface area contributed by atoms with Crippen molar-refractivity contribution in [3.8, 4) is 5.75 Å². The first-order valence-corrected chi connectivity index (χ1v) is 13.4. The minimum atomic E-state index is -1.34. The van der Waals surface area contributed by atoms with Crippen LogP contribution < -0.4 is 25.6 Å². The molecule has 1 fully saturated rings. The molecule has 0 radical (unpaired) electrons. The van der Waals surface area contributed by atoms with Crippen LogP contribution in [-0.4, -0.2) is 66.2 Å². The summed E-state index contributed by atoms with van der Waals surface area (Å²) in [5.41, 5.74) is 1.30. The fraction of sp³-hybridized carbons (Fsp3) is 0.345. The topological polar surface area (TPSA) is 115 Å². The van der Waals surface area contributed by atoms with Gasteiger partial charge in [-0.2, -0.15) is 4.98 Å². The number of rotatable bonds is 10. The molecular formula is C29H36Cl2FN7O3. The number of likely N-dealkylation sites (N-methyl/N-ethyl adjacent to an activating group) is 1. The minimum absolute atomic E-state index is 0. The van der Waals surface area contributed by atoms with Gasteiger partial charge in [-0.15, -0.1) is 12.4 Å². The van der Waals surface area contributed by atoms with E-state index in [1.165, 1.54) is 18.2 Å². The van der Waals surface area contributed by atoms with Crippen molar-refractivity contribution >= 4 is 64.4 Å². The number of benzene rings is 2. The van der Waals surface area contributed by atoms with Crippen molar-refractivity contribution in [3.05, 3.63) is 65.6 Å². The maximum Gasteiger partial charge on any atom is 0.247 e. The molecule has 1 atom stereocenters. The number of methoxy groups -OCH3 is 1. The molecule has 42 heavy (non-hydrogen) atoms. The average molecular weight is 621 g/mol. The van der Waals surface area contributed by atoms with E-state index in [1.54, 1.807) is 39.3 Å². The third-order valence-electron chi connectivity index (χ3n) is 6.88. The average Bonchev–Trinajstić information content (AvgIpc) is 3.41. The lowest BCUT2D eigenvalue weighted by Crippen LogP contribution is -2.31. The summed E-state index contributed by atoms with van der Waals surface area (Å²) < 4.78 is 19.9. The minimum Gasteiger partial charge on any atom is -0.494 e. The van der Waals surface area contributed by atoms with Crippen LogP contribution >= 0.6 is 24.0 Å². The maximum absolute atomic E-state index is 14.2. The maximum atomic E-state index is 14.2. The number of hydrogen-bond acceptors (Lipinski definition) is 9. The van der Waals surface area contributed by atoms with Crippen LogP contribution in [0, 0.1) is 5.82 Å². The van der Waals surface area contributed by atoms with E-state index in [9.17, 15) is 14.3 Å². The van der Waals surface area contributed by atoms with Crippen LogP contribution in [0.1, 0.15) is 25.8 Å². The van der Waals surface area contributed by atoms with E-state index in [0.717, 1.165) is 25.2 Å². The number of carbonyl (C=O) groups is 1. The molecule has 1 amide bonds. The van der Waals surface area contributed by atoms with Crippen LogP contribution in [0.4, 0.5) is 38.9 Å². The van der Waals surface area contributed by atoms with Crippen molar-refractivity contribution in [3.63, 3.8) is 0 Å². The molecule has 10 nitrogen and oxygen atoms in total. The highest BCUT2D eigenvalue weighted by Gasteiger charge is 2.27. The van der Waals surface area contributed by atoms with Gasteiger partial charge in [0.2, 0.25) is 11.9 Å². The lowest BCUT2D eigenvalue weighted by atomic mass is 9.96. The summed E-state index contributed by atoms with van der Waals surface area (Å²) in [6.07, 6.45) is 3.75. The zero-order valence-corrected chi connectivity index (χ0v) is 25.7. The van der Waals surface area contributed by atoms with Crippen molar-refractivity contribution in [2.45, 2.75) is 31.9 Å². The van der Waals surface area contributed by atoms with Gasteiger partial charge in [0.05, 0.1) is 34.8 Å². The number of nitrogens with one attached hydrogen (secondary N) is 3. The molecule has 1 aliphatic heterocycles. The molecule has 1 aromatic heterocycles. The highest BCUT2D eigenvalue weighted by Crippen LogP contribution is 2.40. The molecule has 4 N–H and O–H groups in total. The molecule has 3 aromatic rings. The van der Waals surface area contributed by atoms with Gasteiger partial charge in [0.1, 0.15) is 17.4 Å². The Kier molecular flexibility index (Phi) is 10.6. The van der Waals surface area contributed by atoms with E-state index in [2.05, 4.69) is 56.4 Å². The number of aliphatic hydroxyl groups is 1. The fourth-order valence-corrected chi connectivity index (χ4v) is 4.83. The molecule has 4 rings (SSSR count). The molecule has 1 saturated heterocycles. The zero-order valence-electron chi connectivity index (χ0n) is 24.2. The predicted molar refractivity (Wildman–Crippen MR) is 169 cm³/mol. The summed E-state index contributed by atoms with van der Waals surface area (Å²) in [6, 6.07) is 8.25. The first kappa shape index (κ1) is 32.9. The molecule has 2 aromatic carbocycles. The molecule has 0 aliphatic carbocycles. The number of carbonyl (C=O) groups excluding carboxylic acids is 1. The van der Waals surface area contributed by atoms with Gasteiger partial charge >= 0.3 is 0 Å². The van der Waals surface area contributed by atoms with Gasteiger partial charge < -0.3 is 35.6 Å². The quantitative estimate of drug-likeness (QED) is 0.213. The van der Waals surface area contributed by atoms with Crippen LogP contribution in [0.15, 0.2) is 49.2 Å². The molecule has 226 valence electrons. The van der Waals surface area contributed by atoms with E-state index in [1.807, 2.05) is 6.07 Å². The Hall–Kier alpha value is -3.64. The Morgan fingerprint density at radius 1 is 1.24 bits per heavy atom. The number of aromatic nitrogens is 2. The SMILES string of the molecule is C=CC(=O)Nc1cc(Nc2nccc(Nc3cc(Cl)c(F)cc3C(C)(C)O)n2)c(OC)cc1N1CC[C@@H](N(C)C)C1.Cl. The predicted octanol–water partition coefficient (Wildman–Crippen LogP) is 5.68. The molecule has 0 saturated carbocycles.